The van der Waals surface area contributed by atoms with Crippen molar-refractivity contribution in [2.24, 2.45) is 5.10 Å². The molecule has 0 aliphatic heterocycles. The van der Waals surface area contributed by atoms with Gasteiger partial charge in [-0.15, -0.1) is 5.10 Å². The molecule has 1 aromatic heterocycles. The number of nitrogens with one attached hydrogen (secondary N) is 1. The molecule has 0 saturated carbocycles. The summed E-state index contributed by atoms with van der Waals surface area (Å²) < 4.78 is 1.66. The van der Waals surface area contributed by atoms with Crippen molar-refractivity contribution in [2.75, 3.05) is 0 Å². The molecule has 1 heterocycles. The average molecular weight is 393 g/mol. The number of benzene rings is 3. The molecule has 30 heavy (non-hydrogen) atoms. The highest BCUT2D eigenvalue weighted by Crippen LogP contribution is 2.20. The lowest BCUT2D eigenvalue weighted by molar-refractivity contribution is 0.0945. The van der Waals surface area contributed by atoms with Gasteiger partial charge in [0.15, 0.2) is 5.82 Å². The van der Waals surface area contributed by atoms with Gasteiger partial charge >= 0.3 is 5.91 Å². The molecule has 4 aromatic rings. The van der Waals surface area contributed by atoms with Crippen molar-refractivity contribution in [1.29, 1.82) is 0 Å². The Morgan fingerprint density at radius 1 is 0.867 bits per heavy atom. The van der Waals surface area contributed by atoms with E-state index in [1.54, 1.807) is 10.8 Å². The Balaban J connectivity index is 1.54. The molecule has 0 atom stereocenters. The van der Waals surface area contributed by atoms with Crippen molar-refractivity contribution in [3.05, 3.63) is 108 Å². The lowest BCUT2D eigenvalue weighted by Gasteiger charge is -2.05. The van der Waals surface area contributed by atoms with Gasteiger partial charge in [-0.3, -0.25) is 4.79 Å². The van der Waals surface area contributed by atoms with Gasteiger partial charge in [0.25, 0.3) is 0 Å². The fourth-order valence-electron chi connectivity index (χ4n) is 2.84. The minimum atomic E-state index is -0.480. The van der Waals surface area contributed by atoms with Crippen LogP contribution in [0.1, 0.15) is 16.2 Å². The van der Waals surface area contributed by atoms with Gasteiger partial charge in [-0.2, -0.15) is 5.10 Å². The topological polar surface area (TPSA) is 72.2 Å². The predicted molar refractivity (Wildman–Crippen MR) is 118 cm³/mol. The second kappa shape index (κ2) is 9.25. The summed E-state index contributed by atoms with van der Waals surface area (Å²) in [5.41, 5.74) is 5.20. The Bertz CT molecular complexity index is 1110. The first-order chi connectivity index (χ1) is 14.8. The first kappa shape index (κ1) is 19.0. The zero-order valence-corrected chi connectivity index (χ0v) is 16.1. The molecular weight excluding hydrogens is 374 g/mol. The Morgan fingerprint density at radius 3 is 2.20 bits per heavy atom. The Kier molecular flexibility index (Phi) is 5.86. The molecule has 3 aromatic carbocycles. The third-order valence-corrected chi connectivity index (χ3v) is 4.26. The van der Waals surface area contributed by atoms with E-state index in [0.717, 1.165) is 16.8 Å². The molecule has 4 rings (SSSR count). The van der Waals surface area contributed by atoms with Gasteiger partial charge in [0.05, 0.1) is 5.69 Å². The fraction of sp³-hybridized carbons (Fsp3) is 0. The summed E-state index contributed by atoms with van der Waals surface area (Å²) in [5, 5.41) is 8.35. The van der Waals surface area contributed by atoms with Crippen molar-refractivity contribution in [3.8, 4) is 17.1 Å². The summed E-state index contributed by atoms with van der Waals surface area (Å²) in [6.45, 7) is 0. The minimum Gasteiger partial charge on any atom is -0.264 e. The zero-order valence-electron chi connectivity index (χ0n) is 16.1. The Morgan fingerprint density at radius 2 is 1.50 bits per heavy atom. The third-order valence-electron chi connectivity index (χ3n) is 4.26. The number of hydrazone groups is 1. The molecule has 6 nitrogen and oxygen atoms in total. The van der Waals surface area contributed by atoms with Crippen LogP contribution in [0.4, 0.5) is 0 Å². The third kappa shape index (κ3) is 4.56. The van der Waals surface area contributed by atoms with Gasteiger partial charge in [-0.1, -0.05) is 84.9 Å². The van der Waals surface area contributed by atoms with Crippen LogP contribution >= 0.6 is 0 Å². The van der Waals surface area contributed by atoms with Crippen molar-refractivity contribution in [2.45, 2.75) is 0 Å². The number of carbonyl (C=O) groups excluding carboxylic acids is 1. The van der Waals surface area contributed by atoms with E-state index in [-0.39, 0.29) is 5.82 Å². The van der Waals surface area contributed by atoms with Crippen LogP contribution in [0.15, 0.2) is 102 Å². The van der Waals surface area contributed by atoms with E-state index in [1.165, 1.54) is 6.21 Å². The molecule has 0 fully saturated rings. The first-order valence-corrected chi connectivity index (χ1v) is 9.44. The fourth-order valence-corrected chi connectivity index (χ4v) is 2.84. The zero-order chi connectivity index (χ0) is 20.6. The molecule has 0 bridgehead atoms. The monoisotopic (exact) mass is 393 g/mol. The van der Waals surface area contributed by atoms with Crippen LogP contribution in [0.5, 0.6) is 0 Å². The Labute approximate surface area is 174 Å². The predicted octanol–water partition coefficient (Wildman–Crippen LogP) is 4.36. The molecule has 0 radical (unpaired) electrons. The number of allylic oxidation sites excluding steroid dienone is 1. The molecular formula is C24H19N5O. The summed E-state index contributed by atoms with van der Waals surface area (Å²) in [6, 6.07) is 29.0. The second-order valence-electron chi connectivity index (χ2n) is 6.36. The van der Waals surface area contributed by atoms with Gasteiger partial charge in [-0.05, 0) is 23.8 Å². The molecule has 146 valence electrons. The highest BCUT2D eigenvalue weighted by atomic mass is 16.2. The van der Waals surface area contributed by atoms with Crippen LogP contribution in [0.2, 0.25) is 0 Å². The quantitative estimate of drug-likeness (QED) is 0.391. The van der Waals surface area contributed by atoms with Crippen LogP contribution in [-0.2, 0) is 0 Å². The SMILES string of the molecule is O=C(N/N=C/C=C/c1ccccc1)c1nc(-c2ccccc2)n(-c2ccccc2)n1. The first-order valence-electron chi connectivity index (χ1n) is 9.44. The highest BCUT2D eigenvalue weighted by molar-refractivity contribution is 5.91. The summed E-state index contributed by atoms with van der Waals surface area (Å²) in [4.78, 5) is 17.0. The number of rotatable bonds is 6. The maximum absolute atomic E-state index is 12.5. The molecule has 1 N–H and O–H groups in total. The van der Waals surface area contributed by atoms with Crippen molar-refractivity contribution in [3.63, 3.8) is 0 Å². The standard InChI is InChI=1S/C24H19N5O/c30-24(27-25-18-10-13-19-11-4-1-5-12-19)22-26-23(20-14-6-2-7-15-20)29(28-22)21-16-8-3-9-17-21/h1-18H,(H,27,30)/b13-10+,25-18+. The number of aromatic nitrogens is 3. The van der Waals surface area contributed by atoms with E-state index in [0.29, 0.717) is 5.82 Å². The van der Waals surface area contributed by atoms with Gasteiger partial charge in [-0.25, -0.2) is 15.1 Å². The summed E-state index contributed by atoms with van der Waals surface area (Å²) in [7, 11) is 0. The summed E-state index contributed by atoms with van der Waals surface area (Å²) in [5.74, 6) is 0.146. The van der Waals surface area contributed by atoms with E-state index in [2.05, 4.69) is 20.6 Å². The highest BCUT2D eigenvalue weighted by Gasteiger charge is 2.18. The van der Waals surface area contributed by atoms with E-state index in [9.17, 15) is 4.79 Å². The number of nitrogens with zero attached hydrogens (tertiary/aromatic N) is 4. The number of para-hydroxylation sites is 1. The number of amides is 1. The van der Waals surface area contributed by atoms with E-state index < -0.39 is 5.91 Å². The molecule has 0 aliphatic carbocycles. The number of carbonyl (C=O) groups is 1. The van der Waals surface area contributed by atoms with Crippen LogP contribution < -0.4 is 5.43 Å². The maximum atomic E-state index is 12.5. The van der Waals surface area contributed by atoms with Crippen molar-refractivity contribution < 1.29 is 4.79 Å². The van der Waals surface area contributed by atoms with Crippen molar-refractivity contribution >= 4 is 18.2 Å². The van der Waals surface area contributed by atoms with Gasteiger partial charge < -0.3 is 0 Å². The lowest BCUT2D eigenvalue weighted by atomic mass is 10.2. The lowest BCUT2D eigenvalue weighted by Crippen LogP contribution is -2.19. The molecule has 1 amide bonds. The van der Waals surface area contributed by atoms with E-state index in [4.69, 9.17) is 0 Å². The van der Waals surface area contributed by atoms with Gasteiger partial charge in [0, 0.05) is 11.8 Å². The van der Waals surface area contributed by atoms with E-state index >= 15 is 0 Å². The number of hydrogen-bond acceptors (Lipinski definition) is 4. The minimum absolute atomic E-state index is 0.0434. The molecule has 6 heteroatoms. The van der Waals surface area contributed by atoms with Gasteiger partial charge in [0.1, 0.15) is 0 Å². The largest absolute Gasteiger partial charge is 0.311 e. The normalized spacial score (nSPS) is 11.2. The average Bonchev–Trinajstić information content (AvgIpc) is 3.26. The Hall–Kier alpha value is -4.32. The number of hydrogen-bond donors (Lipinski definition) is 1. The molecule has 0 spiro atoms. The van der Waals surface area contributed by atoms with E-state index in [1.807, 2.05) is 97.1 Å². The second-order valence-corrected chi connectivity index (χ2v) is 6.36. The van der Waals surface area contributed by atoms with Crippen LogP contribution in [0, 0.1) is 0 Å². The molecule has 0 aliphatic rings. The summed E-state index contributed by atoms with van der Waals surface area (Å²) >= 11 is 0. The maximum Gasteiger partial charge on any atom is 0.311 e. The molecule has 0 unspecified atom stereocenters. The van der Waals surface area contributed by atoms with Gasteiger partial charge in [0.2, 0.25) is 5.82 Å². The summed E-state index contributed by atoms with van der Waals surface area (Å²) in [6.07, 6.45) is 5.16. The smallest absolute Gasteiger partial charge is 0.264 e. The van der Waals surface area contributed by atoms with Crippen molar-refractivity contribution in [1.82, 2.24) is 20.2 Å². The van der Waals surface area contributed by atoms with Crippen LogP contribution in [0.25, 0.3) is 23.2 Å². The molecule has 0 saturated heterocycles. The van der Waals surface area contributed by atoms with Crippen LogP contribution in [0.3, 0.4) is 0 Å². The van der Waals surface area contributed by atoms with Crippen LogP contribution in [-0.4, -0.2) is 26.9 Å².